The smallest absolute Gasteiger partial charge is 0.275 e. The standard InChI is InChI=1S/C17H21N3O3/c21-15(18-7-9-23-10-8-18)12-20-6-4-14-3-5-19(11-13-1-2-13)16(14)17(20)22/h3-6,13H,1-2,7-12H2. The van der Waals surface area contributed by atoms with Gasteiger partial charge in [-0.1, -0.05) is 0 Å². The van der Waals surface area contributed by atoms with Crippen LogP contribution >= 0.6 is 0 Å². The Labute approximate surface area is 134 Å². The highest BCUT2D eigenvalue weighted by atomic mass is 16.5. The summed E-state index contributed by atoms with van der Waals surface area (Å²) in [4.78, 5) is 26.9. The molecule has 2 aromatic heterocycles. The van der Waals surface area contributed by atoms with Gasteiger partial charge in [0.15, 0.2) is 0 Å². The maximum atomic E-state index is 12.8. The lowest BCUT2D eigenvalue weighted by Crippen LogP contribution is -2.43. The Morgan fingerprint density at radius 2 is 1.83 bits per heavy atom. The molecule has 6 heteroatoms. The minimum absolute atomic E-state index is 0.0185. The number of morpholine rings is 1. The van der Waals surface area contributed by atoms with Crippen LogP contribution in [0.25, 0.3) is 10.9 Å². The number of hydrogen-bond acceptors (Lipinski definition) is 3. The van der Waals surface area contributed by atoms with Gasteiger partial charge in [-0.3, -0.25) is 9.59 Å². The van der Waals surface area contributed by atoms with Crippen molar-refractivity contribution >= 4 is 16.8 Å². The third-order valence-electron chi connectivity index (χ3n) is 4.71. The summed E-state index contributed by atoms with van der Waals surface area (Å²) in [7, 11) is 0. The molecule has 2 aliphatic rings. The van der Waals surface area contributed by atoms with Crippen LogP contribution in [-0.2, 0) is 22.6 Å². The normalized spacial score (nSPS) is 18.5. The van der Waals surface area contributed by atoms with Crippen LogP contribution in [-0.4, -0.2) is 46.2 Å². The van der Waals surface area contributed by atoms with Crippen LogP contribution in [0, 0.1) is 5.92 Å². The van der Waals surface area contributed by atoms with E-state index >= 15 is 0 Å². The fraction of sp³-hybridized carbons (Fsp3) is 0.529. The van der Waals surface area contributed by atoms with E-state index in [2.05, 4.69) is 0 Å². The van der Waals surface area contributed by atoms with Crippen molar-refractivity contribution in [1.29, 1.82) is 0 Å². The minimum atomic E-state index is -0.0743. The Kier molecular flexibility index (Phi) is 3.69. The van der Waals surface area contributed by atoms with E-state index in [0.29, 0.717) is 37.7 Å². The molecule has 0 aromatic carbocycles. The van der Waals surface area contributed by atoms with E-state index in [4.69, 9.17) is 4.74 Å². The second-order valence-corrected chi connectivity index (χ2v) is 6.46. The zero-order chi connectivity index (χ0) is 15.8. The molecule has 1 saturated carbocycles. The van der Waals surface area contributed by atoms with Gasteiger partial charge in [-0.25, -0.2) is 0 Å². The van der Waals surface area contributed by atoms with Crippen molar-refractivity contribution in [3.05, 3.63) is 34.9 Å². The van der Waals surface area contributed by atoms with E-state index in [-0.39, 0.29) is 18.0 Å². The number of carbonyl (C=O) groups is 1. The average Bonchev–Trinajstić information content (AvgIpc) is 3.29. The Balaban J connectivity index is 1.60. The third-order valence-corrected chi connectivity index (χ3v) is 4.71. The van der Waals surface area contributed by atoms with Crippen molar-refractivity contribution < 1.29 is 9.53 Å². The molecule has 0 unspecified atom stereocenters. The van der Waals surface area contributed by atoms with Crippen molar-refractivity contribution in [2.45, 2.75) is 25.9 Å². The molecule has 122 valence electrons. The van der Waals surface area contributed by atoms with Crippen LogP contribution in [0.3, 0.4) is 0 Å². The van der Waals surface area contributed by atoms with Crippen LogP contribution in [0.1, 0.15) is 12.8 Å². The lowest BCUT2D eigenvalue weighted by atomic mass is 10.3. The molecule has 1 aliphatic heterocycles. The fourth-order valence-electron chi connectivity index (χ4n) is 3.16. The lowest BCUT2D eigenvalue weighted by Gasteiger charge is -2.27. The summed E-state index contributed by atoms with van der Waals surface area (Å²) >= 11 is 0. The van der Waals surface area contributed by atoms with Crippen molar-refractivity contribution in [2.75, 3.05) is 26.3 Å². The minimum Gasteiger partial charge on any atom is -0.378 e. The molecule has 2 fully saturated rings. The molecule has 0 N–H and O–H groups in total. The van der Waals surface area contributed by atoms with Crippen LogP contribution < -0.4 is 5.56 Å². The van der Waals surface area contributed by atoms with Gasteiger partial charge in [0.25, 0.3) is 5.56 Å². The van der Waals surface area contributed by atoms with Gasteiger partial charge in [-0.15, -0.1) is 0 Å². The summed E-state index contributed by atoms with van der Waals surface area (Å²) in [6, 6.07) is 3.90. The first-order valence-electron chi connectivity index (χ1n) is 8.26. The van der Waals surface area contributed by atoms with Gasteiger partial charge in [0, 0.05) is 37.4 Å². The number of fused-ring (bicyclic) bond motifs is 1. The molecule has 2 aromatic rings. The molecule has 3 heterocycles. The maximum absolute atomic E-state index is 12.8. The van der Waals surface area contributed by atoms with Gasteiger partial charge in [-0.2, -0.15) is 0 Å². The monoisotopic (exact) mass is 315 g/mol. The van der Waals surface area contributed by atoms with Gasteiger partial charge in [0.2, 0.25) is 5.91 Å². The molecule has 1 saturated heterocycles. The molecule has 6 nitrogen and oxygen atoms in total. The van der Waals surface area contributed by atoms with Crippen LogP contribution in [0.15, 0.2) is 29.3 Å². The predicted octanol–water partition coefficient (Wildman–Crippen LogP) is 1.07. The predicted molar refractivity (Wildman–Crippen MR) is 86.3 cm³/mol. The first kappa shape index (κ1) is 14.5. The molecule has 1 aliphatic carbocycles. The van der Waals surface area contributed by atoms with E-state index in [1.165, 1.54) is 17.4 Å². The Hall–Kier alpha value is -2.08. The molecular formula is C17H21N3O3. The first-order valence-corrected chi connectivity index (χ1v) is 8.26. The van der Waals surface area contributed by atoms with Gasteiger partial charge in [0.1, 0.15) is 12.1 Å². The quantitative estimate of drug-likeness (QED) is 0.848. The van der Waals surface area contributed by atoms with E-state index in [9.17, 15) is 9.59 Å². The van der Waals surface area contributed by atoms with E-state index < -0.39 is 0 Å². The molecule has 0 spiro atoms. The first-order chi connectivity index (χ1) is 11.2. The molecule has 0 atom stereocenters. The molecule has 23 heavy (non-hydrogen) atoms. The van der Waals surface area contributed by atoms with Crippen LogP contribution in [0.2, 0.25) is 0 Å². The lowest BCUT2D eigenvalue weighted by molar-refractivity contribution is -0.135. The molecule has 4 rings (SSSR count). The summed E-state index contributed by atoms with van der Waals surface area (Å²) in [5, 5.41) is 0.950. The molecule has 0 radical (unpaired) electrons. The van der Waals surface area contributed by atoms with Crippen LogP contribution in [0.4, 0.5) is 0 Å². The zero-order valence-corrected chi connectivity index (χ0v) is 13.1. The van der Waals surface area contributed by atoms with E-state index in [1.807, 2.05) is 22.9 Å². The van der Waals surface area contributed by atoms with Gasteiger partial charge < -0.3 is 18.8 Å². The second kappa shape index (κ2) is 5.85. The van der Waals surface area contributed by atoms with Crippen molar-refractivity contribution in [3.63, 3.8) is 0 Å². The highest BCUT2D eigenvalue weighted by Gasteiger charge is 2.23. The van der Waals surface area contributed by atoms with Crippen molar-refractivity contribution in [3.8, 4) is 0 Å². The number of pyridine rings is 1. The summed E-state index contributed by atoms with van der Waals surface area (Å²) in [5.74, 6) is 0.684. The summed E-state index contributed by atoms with van der Waals surface area (Å²) in [6.45, 7) is 3.36. The van der Waals surface area contributed by atoms with E-state index in [0.717, 1.165) is 11.9 Å². The topological polar surface area (TPSA) is 56.5 Å². The summed E-state index contributed by atoms with van der Waals surface area (Å²) < 4.78 is 8.84. The number of nitrogens with zero attached hydrogens (tertiary/aromatic N) is 3. The SMILES string of the molecule is O=C(Cn1ccc2ccn(CC3CC3)c2c1=O)N1CCOCC1. The Morgan fingerprint density at radius 3 is 2.52 bits per heavy atom. The fourth-order valence-corrected chi connectivity index (χ4v) is 3.16. The Morgan fingerprint density at radius 1 is 1.13 bits per heavy atom. The highest BCUT2D eigenvalue weighted by Crippen LogP contribution is 2.31. The number of rotatable bonds is 4. The molecular weight excluding hydrogens is 294 g/mol. The summed E-state index contributed by atoms with van der Waals surface area (Å²) in [5.41, 5.74) is 0.643. The number of carbonyl (C=O) groups excluding carboxylic acids is 1. The van der Waals surface area contributed by atoms with Crippen LogP contribution in [0.5, 0.6) is 0 Å². The van der Waals surface area contributed by atoms with Gasteiger partial charge >= 0.3 is 0 Å². The number of amides is 1. The second-order valence-electron chi connectivity index (χ2n) is 6.46. The molecule has 1 amide bonds. The highest BCUT2D eigenvalue weighted by molar-refractivity contribution is 5.80. The average molecular weight is 315 g/mol. The van der Waals surface area contributed by atoms with E-state index in [1.54, 1.807) is 11.1 Å². The Bertz CT molecular complexity index is 782. The van der Waals surface area contributed by atoms with Gasteiger partial charge in [0.05, 0.1) is 13.2 Å². The largest absolute Gasteiger partial charge is 0.378 e. The maximum Gasteiger partial charge on any atom is 0.275 e. The van der Waals surface area contributed by atoms with Crippen molar-refractivity contribution in [1.82, 2.24) is 14.0 Å². The van der Waals surface area contributed by atoms with Crippen molar-refractivity contribution in [2.24, 2.45) is 5.92 Å². The molecule has 0 bridgehead atoms. The third kappa shape index (κ3) is 2.91. The number of ether oxygens (including phenoxy) is 1. The zero-order valence-electron chi connectivity index (χ0n) is 13.1. The van der Waals surface area contributed by atoms with Gasteiger partial charge in [-0.05, 0) is 30.9 Å². The number of aromatic nitrogens is 2. The number of hydrogen-bond donors (Lipinski definition) is 0. The summed E-state index contributed by atoms with van der Waals surface area (Å²) in [6.07, 6.45) is 6.20.